The van der Waals surface area contributed by atoms with Crippen molar-refractivity contribution in [1.29, 1.82) is 0 Å². The largest absolute Gasteiger partial charge is 0.490 e. The van der Waals surface area contributed by atoms with Crippen molar-refractivity contribution in [2.75, 3.05) is 13.2 Å². The second kappa shape index (κ2) is 7.48. The third-order valence-electron chi connectivity index (χ3n) is 4.54. The molecule has 3 rings (SSSR count). The van der Waals surface area contributed by atoms with Gasteiger partial charge in [0.2, 0.25) is 11.8 Å². The van der Waals surface area contributed by atoms with Crippen LogP contribution in [-0.2, 0) is 11.8 Å². The number of hydrogen-bond donors (Lipinski definition) is 1. The molecule has 0 spiro atoms. The molecule has 1 unspecified atom stereocenters. The second-order valence-electron chi connectivity index (χ2n) is 6.72. The van der Waals surface area contributed by atoms with Crippen LogP contribution in [0.15, 0.2) is 22.7 Å². The molecule has 0 bridgehead atoms. The number of aromatic nitrogens is 4. The summed E-state index contributed by atoms with van der Waals surface area (Å²) in [6.07, 6.45) is 2.39. The Labute approximate surface area is 157 Å². The summed E-state index contributed by atoms with van der Waals surface area (Å²) in [5, 5.41) is 17.9. The van der Waals surface area contributed by atoms with Crippen LogP contribution in [0.4, 0.5) is 0 Å². The average Bonchev–Trinajstić information content (AvgIpc) is 3.26. The Hall–Kier alpha value is -2.74. The summed E-state index contributed by atoms with van der Waals surface area (Å²) in [5.74, 6) is 1.19. The highest BCUT2D eigenvalue weighted by Crippen LogP contribution is 2.30. The molecule has 0 fully saturated rings. The van der Waals surface area contributed by atoms with Gasteiger partial charge in [-0.05, 0) is 32.9 Å². The molecule has 8 heteroatoms. The van der Waals surface area contributed by atoms with E-state index in [9.17, 15) is 9.90 Å². The fourth-order valence-electron chi connectivity index (χ4n) is 3.04. The Kier molecular flexibility index (Phi) is 5.27. The Balaban J connectivity index is 1.97. The Morgan fingerprint density at radius 2 is 2.15 bits per heavy atom. The molecule has 144 valence electrons. The molecule has 3 aromatic heterocycles. The van der Waals surface area contributed by atoms with Crippen molar-refractivity contribution >= 4 is 11.4 Å². The molecule has 0 amide bonds. The molecule has 0 saturated carbocycles. The van der Waals surface area contributed by atoms with E-state index in [1.165, 1.54) is 0 Å². The number of fused-ring (bicyclic) bond motifs is 1. The summed E-state index contributed by atoms with van der Waals surface area (Å²) >= 11 is 0. The lowest BCUT2D eigenvalue weighted by atomic mass is 9.84. The standard InChI is InChI=1S/C19H24N4O4/c1-5-15-21-22-18(27-15)19(4,11-24)10-13(25)16-12(3)20-17-14(26-6-2)8-7-9-23(16)17/h7-9,24H,5-6,10-11H2,1-4H3. The molecule has 1 N–H and O–H groups in total. The quantitative estimate of drug-likeness (QED) is 0.606. The van der Waals surface area contributed by atoms with Gasteiger partial charge in [0.1, 0.15) is 5.69 Å². The highest BCUT2D eigenvalue weighted by atomic mass is 16.5. The zero-order chi connectivity index (χ0) is 19.6. The van der Waals surface area contributed by atoms with E-state index in [0.29, 0.717) is 41.7 Å². The van der Waals surface area contributed by atoms with Gasteiger partial charge in [0.05, 0.1) is 24.3 Å². The number of aliphatic hydroxyl groups is 1. The Morgan fingerprint density at radius 3 is 2.78 bits per heavy atom. The first kappa shape index (κ1) is 19.0. The van der Waals surface area contributed by atoms with E-state index < -0.39 is 5.41 Å². The molecule has 3 heterocycles. The summed E-state index contributed by atoms with van der Waals surface area (Å²) in [4.78, 5) is 17.6. The van der Waals surface area contributed by atoms with Crippen LogP contribution in [0, 0.1) is 6.92 Å². The van der Waals surface area contributed by atoms with Gasteiger partial charge in [-0.3, -0.25) is 9.20 Å². The smallest absolute Gasteiger partial charge is 0.225 e. The van der Waals surface area contributed by atoms with E-state index in [-0.39, 0.29) is 24.7 Å². The summed E-state index contributed by atoms with van der Waals surface area (Å²) in [6.45, 7) is 7.54. The molecule has 0 saturated heterocycles. The van der Waals surface area contributed by atoms with Crippen molar-refractivity contribution in [2.45, 2.75) is 46.0 Å². The first-order valence-electron chi connectivity index (χ1n) is 9.01. The van der Waals surface area contributed by atoms with Gasteiger partial charge in [-0.1, -0.05) is 6.92 Å². The third kappa shape index (κ3) is 3.44. The summed E-state index contributed by atoms with van der Waals surface area (Å²) in [6, 6.07) is 3.63. The van der Waals surface area contributed by atoms with Crippen LogP contribution < -0.4 is 4.74 Å². The minimum atomic E-state index is -0.967. The lowest BCUT2D eigenvalue weighted by Gasteiger charge is -2.22. The Bertz CT molecular complexity index is 962. The molecule has 0 aliphatic rings. The van der Waals surface area contributed by atoms with Crippen LogP contribution in [0.25, 0.3) is 5.65 Å². The number of aryl methyl sites for hydroxylation is 2. The molecule has 8 nitrogen and oxygen atoms in total. The molecular weight excluding hydrogens is 348 g/mol. The van der Waals surface area contributed by atoms with Gasteiger partial charge in [-0.2, -0.15) is 0 Å². The van der Waals surface area contributed by atoms with Gasteiger partial charge in [-0.15, -0.1) is 10.2 Å². The van der Waals surface area contributed by atoms with Crippen LogP contribution in [-0.4, -0.2) is 43.7 Å². The molecular formula is C19H24N4O4. The van der Waals surface area contributed by atoms with Crippen molar-refractivity contribution in [3.63, 3.8) is 0 Å². The van der Waals surface area contributed by atoms with E-state index in [4.69, 9.17) is 9.15 Å². The average molecular weight is 372 g/mol. The van der Waals surface area contributed by atoms with Crippen LogP contribution >= 0.6 is 0 Å². The van der Waals surface area contributed by atoms with Gasteiger partial charge < -0.3 is 14.3 Å². The second-order valence-corrected chi connectivity index (χ2v) is 6.72. The summed E-state index contributed by atoms with van der Waals surface area (Å²) in [5.41, 5.74) is 0.691. The van der Waals surface area contributed by atoms with Crippen LogP contribution in [0.5, 0.6) is 5.75 Å². The van der Waals surface area contributed by atoms with Crippen LogP contribution in [0.2, 0.25) is 0 Å². The van der Waals surface area contributed by atoms with Gasteiger partial charge in [0, 0.05) is 19.0 Å². The van der Waals surface area contributed by atoms with Gasteiger partial charge in [-0.25, -0.2) is 4.98 Å². The number of hydrogen-bond acceptors (Lipinski definition) is 7. The number of aliphatic hydroxyl groups excluding tert-OH is 1. The topological polar surface area (TPSA) is 103 Å². The van der Waals surface area contributed by atoms with Crippen molar-refractivity contribution in [1.82, 2.24) is 19.6 Å². The SMILES string of the molecule is CCOc1cccn2c(C(=O)CC(C)(CO)c3nnc(CC)o3)c(C)nc12. The van der Waals surface area contributed by atoms with E-state index in [2.05, 4.69) is 15.2 Å². The predicted molar refractivity (Wildman–Crippen MR) is 98.2 cm³/mol. The minimum Gasteiger partial charge on any atom is -0.490 e. The number of rotatable bonds is 8. The Morgan fingerprint density at radius 1 is 1.37 bits per heavy atom. The summed E-state index contributed by atoms with van der Waals surface area (Å²) in [7, 11) is 0. The number of nitrogens with zero attached hydrogens (tertiary/aromatic N) is 4. The van der Waals surface area contributed by atoms with Gasteiger partial charge >= 0.3 is 0 Å². The molecule has 0 radical (unpaired) electrons. The predicted octanol–water partition coefficient (Wildman–Crippen LogP) is 2.51. The normalized spacial score (nSPS) is 13.7. The minimum absolute atomic E-state index is 0.0162. The first-order valence-corrected chi connectivity index (χ1v) is 9.01. The maximum Gasteiger partial charge on any atom is 0.225 e. The maximum absolute atomic E-state index is 13.1. The third-order valence-corrected chi connectivity index (χ3v) is 4.54. The highest BCUT2D eigenvalue weighted by molar-refractivity contribution is 5.97. The molecule has 27 heavy (non-hydrogen) atoms. The summed E-state index contributed by atoms with van der Waals surface area (Å²) < 4.78 is 12.9. The van der Waals surface area contributed by atoms with Crippen LogP contribution in [0.1, 0.15) is 55.2 Å². The zero-order valence-corrected chi connectivity index (χ0v) is 16.0. The first-order chi connectivity index (χ1) is 12.9. The molecule has 1 atom stereocenters. The van der Waals surface area contributed by atoms with Crippen LogP contribution in [0.3, 0.4) is 0 Å². The number of carbonyl (C=O) groups is 1. The van der Waals surface area contributed by atoms with Gasteiger partial charge in [0.25, 0.3) is 0 Å². The molecule has 0 aliphatic carbocycles. The number of ketones is 1. The number of Topliss-reactive ketones (excluding diaryl/α,β-unsaturated/α-hetero) is 1. The number of imidazole rings is 1. The number of carbonyl (C=O) groups excluding carboxylic acids is 1. The fraction of sp³-hybridized carbons (Fsp3) is 0.474. The lowest BCUT2D eigenvalue weighted by molar-refractivity contribution is 0.0887. The molecule has 0 aromatic carbocycles. The van der Waals surface area contributed by atoms with Crippen molar-refractivity contribution < 1.29 is 19.1 Å². The van der Waals surface area contributed by atoms with E-state index in [1.807, 2.05) is 26.0 Å². The zero-order valence-electron chi connectivity index (χ0n) is 16.0. The maximum atomic E-state index is 13.1. The lowest BCUT2D eigenvalue weighted by Crippen LogP contribution is -2.31. The van der Waals surface area contributed by atoms with Crippen molar-refractivity contribution in [2.24, 2.45) is 0 Å². The number of ether oxygens (including phenoxy) is 1. The molecule has 0 aliphatic heterocycles. The van der Waals surface area contributed by atoms with E-state index in [0.717, 1.165) is 0 Å². The van der Waals surface area contributed by atoms with Crippen molar-refractivity contribution in [3.8, 4) is 5.75 Å². The number of pyridine rings is 1. The monoisotopic (exact) mass is 372 g/mol. The fourth-order valence-corrected chi connectivity index (χ4v) is 3.04. The van der Waals surface area contributed by atoms with E-state index in [1.54, 1.807) is 24.4 Å². The molecule has 3 aromatic rings. The van der Waals surface area contributed by atoms with Gasteiger partial charge in [0.15, 0.2) is 17.2 Å². The van der Waals surface area contributed by atoms with E-state index >= 15 is 0 Å². The highest BCUT2D eigenvalue weighted by Gasteiger charge is 2.36. The van der Waals surface area contributed by atoms with Crippen molar-refractivity contribution in [3.05, 3.63) is 41.5 Å².